The molecule has 1 amide bonds. The Balaban J connectivity index is 1.64. The van der Waals surface area contributed by atoms with Gasteiger partial charge in [0.15, 0.2) is 0 Å². The number of aryl methyl sites for hydroxylation is 1. The van der Waals surface area contributed by atoms with E-state index in [1.807, 2.05) is 0 Å². The summed E-state index contributed by atoms with van der Waals surface area (Å²) in [6.07, 6.45) is 4.51. The van der Waals surface area contributed by atoms with E-state index in [0.717, 1.165) is 19.4 Å². The van der Waals surface area contributed by atoms with E-state index in [1.165, 1.54) is 35.0 Å². The molecular weight excluding hydrogens is 248 g/mol. The van der Waals surface area contributed by atoms with Gasteiger partial charge < -0.3 is 10.3 Å². The van der Waals surface area contributed by atoms with E-state index in [9.17, 15) is 4.79 Å². The molecule has 2 aliphatic rings. The molecule has 1 heterocycles. The average molecular weight is 268 g/mol. The third-order valence-corrected chi connectivity index (χ3v) is 4.83. The van der Waals surface area contributed by atoms with Crippen LogP contribution in [-0.4, -0.2) is 17.4 Å². The van der Waals surface area contributed by atoms with Gasteiger partial charge >= 0.3 is 0 Å². The number of carbonyl (C=O) groups is 1. The first-order valence-electron chi connectivity index (χ1n) is 7.55. The maximum absolute atomic E-state index is 11.9. The minimum absolute atomic E-state index is 0.175. The molecule has 1 aromatic carbocycles. The summed E-state index contributed by atoms with van der Waals surface area (Å²) in [6, 6.07) is 8.48. The quantitative estimate of drug-likeness (QED) is 0.879. The molecule has 104 valence electrons. The summed E-state index contributed by atoms with van der Waals surface area (Å²) in [7, 11) is 0. The number of rotatable bonds is 4. The highest BCUT2D eigenvalue weighted by molar-refractivity contribution is 5.87. The second-order valence-corrected chi connectivity index (χ2v) is 6.44. The van der Waals surface area contributed by atoms with E-state index in [0.29, 0.717) is 5.92 Å². The smallest absolute Gasteiger partial charge is 0.223 e. The lowest BCUT2D eigenvalue weighted by atomic mass is 9.93. The van der Waals surface area contributed by atoms with Gasteiger partial charge in [-0.2, -0.15) is 0 Å². The molecule has 3 heteroatoms. The fourth-order valence-corrected chi connectivity index (χ4v) is 3.37. The summed E-state index contributed by atoms with van der Waals surface area (Å²) in [5.74, 6) is 0.559. The molecule has 2 aliphatic carbocycles. The topological polar surface area (TPSA) is 44.9 Å². The van der Waals surface area contributed by atoms with Gasteiger partial charge in [-0.25, -0.2) is 0 Å². The molecule has 0 radical (unpaired) electrons. The highest BCUT2D eigenvalue weighted by Gasteiger charge is 2.47. The van der Waals surface area contributed by atoms with Crippen molar-refractivity contribution in [3.05, 3.63) is 35.5 Å². The van der Waals surface area contributed by atoms with Crippen LogP contribution in [0, 0.1) is 12.8 Å². The van der Waals surface area contributed by atoms with Crippen molar-refractivity contribution < 1.29 is 4.79 Å². The first-order chi connectivity index (χ1) is 9.70. The molecule has 4 rings (SSSR count). The Morgan fingerprint density at radius 2 is 2.10 bits per heavy atom. The highest BCUT2D eigenvalue weighted by Crippen LogP contribution is 2.51. The molecule has 2 N–H and O–H groups in total. The monoisotopic (exact) mass is 268 g/mol. The van der Waals surface area contributed by atoms with Gasteiger partial charge in [-0.15, -0.1) is 0 Å². The molecule has 20 heavy (non-hydrogen) atoms. The van der Waals surface area contributed by atoms with E-state index in [1.54, 1.807) is 0 Å². The molecule has 2 aromatic rings. The Bertz CT molecular complexity index is 677. The van der Waals surface area contributed by atoms with Crippen LogP contribution < -0.4 is 5.32 Å². The Kier molecular flexibility index (Phi) is 2.47. The fraction of sp³-hybridized carbons (Fsp3) is 0.471. The molecule has 2 fully saturated rings. The summed E-state index contributed by atoms with van der Waals surface area (Å²) in [6.45, 7) is 2.95. The van der Waals surface area contributed by atoms with E-state index < -0.39 is 0 Å². The van der Waals surface area contributed by atoms with Crippen LogP contribution in [0.4, 0.5) is 0 Å². The van der Waals surface area contributed by atoms with Gasteiger partial charge in [-0.05, 0) is 44.2 Å². The lowest BCUT2D eigenvalue weighted by Gasteiger charge is -2.17. The minimum atomic E-state index is 0.175. The number of amides is 1. The maximum atomic E-state index is 11.9. The maximum Gasteiger partial charge on any atom is 0.223 e. The number of aromatic amines is 1. The zero-order valence-corrected chi connectivity index (χ0v) is 11.8. The number of hydrogen-bond donors (Lipinski definition) is 2. The van der Waals surface area contributed by atoms with Crippen molar-refractivity contribution in [3.8, 4) is 0 Å². The molecule has 3 nitrogen and oxygen atoms in total. The average Bonchev–Trinajstić information content (AvgIpc) is 3.34. The first-order valence-corrected chi connectivity index (χ1v) is 7.55. The summed E-state index contributed by atoms with van der Waals surface area (Å²) in [5.41, 5.74) is 4.06. The van der Waals surface area contributed by atoms with Crippen molar-refractivity contribution in [2.75, 3.05) is 6.54 Å². The number of fused-ring (bicyclic) bond motifs is 1. The molecule has 2 saturated carbocycles. The molecular formula is C17H20N2O. The summed E-state index contributed by atoms with van der Waals surface area (Å²) >= 11 is 0. The van der Waals surface area contributed by atoms with Gasteiger partial charge in [-0.3, -0.25) is 4.79 Å². The van der Waals surface area contributed by atoms with Crippen LogP contribution in [0.1, 0.15) is 36.9 Å². The van der Waals surface area contributed by atoms with Crippen LogP contribution in [0.15, 0.2) is 24.3 Å². The predicted molar refractivity (Wildman–Crippen MR) is 79.7 cm³/mol. The van der Waals surface area contributed by atoms with Crippen molar-refractivity contribution in [2.24, 2.45) is 5.92 Å². The second kappa shape index (κ2) is 4.11. The van der Waals surface area contributed by atoms with Crippen LogP contribution in [-0.2, 0) is 10.2 Å². The van der Waals surface area contributed by atoms with Gasteiger partial charge in [0.1, 0.15) is 0 Å². The van der Waals surface area contributed by atoms with Crippen LogP contribution in [0.25, 0.3) is 10.9 Å². The molecule has 0 bridgehead atoms. The SMILES string of the molecule is Cc1[nH]c2ccccc2c1C1(CNC(=O)C2CC2)CC1. The molecule has 0 unspecified atom stereocenters. The number of benzene rings is 1. The van der Waals surface area contributed by atoms with E-state index in [2.05, 4.69) is 41.5 Å². The number of nitrogens with one attached hydrogen (secondary N) is 2. The van der Waals surface area contributed by atoms with E-state index in [4.69, 9.17) is 0 Å². The summed E-state index contributed by atoms with van der Waals surface area (Å²) in [5, 5.41) is 4.50. The largest absolute Gasteiger partial charge is 0.358 e. The van der Waals surface area contributed by atoms with Gasteiger partial charge in [0.25, 0.3) is 0 Å². The van der Waals surface area contributed by atoms with E-state index in [-0.39, 0.29) is 11.3 Å². The minimum Gasteiger partial charge on any atom is -0.358 e. The highest BCUT2D eigenvalue weighted by atomic mass is 16.2. The summed E-state index contributed by atoms with van der Waals surface area (Å²) < 4.78 is 0. The third kappa shape index (κ3) is 1.84. The molecule has 1 aromatic heterocycles. The number of aromatic nitrogens is 1. The third-order valence-electron chi connectivity index (χ3n) is 4.83. The predicted octanol–water partition coefficient (Wildman–Crippen LogP) is 3.03. The Hall–Kier alpha value is -1.77. The van der Waals surface area contributed by atoms with Crippen molar-refractivity contribution in [1.82, 2.24) is 10.3 Å². The number of carbonyl (C=O) groups excluding carboxylic acids is 1. The lowest BCUT2D eigenvalue weighted by Crippen LogP contribution is -2.33. The number of hydrogen-bond acceptors (Lipinski definition) is 1. The fourth-order valence-electron chi connectivity index (χ4n) is 3.37. The molecule has 0 spiro atoms. The van der Waals surface area contributed by atoms with E-state index >= 15 is 0 Å². The molecule has 0 saturated heterocycles. The lowest BCUT2D eigenvalue weighted by molar-refractivity contribution is -0.122. The zero-order valence-electron chi connectivity index (χ0n) is 11.8. The van der Waals surface area contributed by atoms with Crippen molar-refractivity contribution in [1.29, 1.82) is 0 Å². The normalized spacial score (nSPS) is 20.1. The molecule has 0 atom stereocenters. The van der Waals surface area contributed by atoms with Gasteiger partial charge in [-0.1, -0.05) is 18.2 Å². The zero-order chi connectivity index (χ0) is 13.7. The van der Waals surface area contributed by atoms with Crippen LogP contribution in [0.2, 0.25) is 0 Å². The Labute approximate surface area is 118 Å². The van der Waals surface area contributed by atoms with Crippen LogP contribution in [0.5, 0.6) is 0 Å². The molecule has 0 aliphatic heterocycles. The van der Waals surface area contributed by atoms with Crippen LogP contribution >= 0.6 is 0 Å². The number of para-hydroxylation sites is 1. The van der Waals surface area contributed by atoms with Crippen molar-refractivity contribution in [2.45, 2.75) is 38.0 Å². The number of H-pyrrole nitrogens is 1. The van der Waals surface area contributed by atoms with Gasteiger partial charge in [0, 0.05) is 34.5 Å². The summed E-state index contributed by atoms with van der Waals surface area (Å²) in [4.78, 5) is 15.4. The van der Waals surface area contributed by atoms with Crippen LogP contribution in [0.3, 0.4) is 0 Å². The standard InChI is InChI=1S/C17H20N2O/c1-11-15(13-4-2-3-5-14(13)19-11)17(8-9-17)10-18-16(20)12-6-7-12/h2-5,12,19H,6-10H2,1H3,(H,18,20). The van der Waals surface area contributed by atoms with Gasteiger partial charge in [0.2, 0.25) is 5.91 Å². The van der Waals surface area contributed by atoms with Crippen molar-refractivity contribution in [3.63, 3.8) is 0 Å². The Morgan fingerprint density at radius 3 is 2.80 bits per heavy atom. The second-order valence-electron chi connectivity index (χ2n) is 6.44. The Morgan fingerprint density at radius 1 is 1.35 bits per heavy atom. The van der Waals surface area contributed by atoms with Gasteiger partial charge in [0.05, 0.1) is 0 Å². The van der Waals surface area contributed by atoms with Crippen molar-refractivity contribution >= 4 is 16.8 Å². The first kappa shape index (κ1) is 12.0.